The molecule has 1 heterocycles. The molecule has 0 saturated carbocycles. The molecule has 0 spiro atoms. The molecular weight excluding hydrogens is 518 g/mol. The van der Waals surface area contributed by atoms with Gasteiger partial charge in [-0.2, -0.15) is 0 Å². The van der Waals surface area contributed by atoms with E-state index in [1.54, 1.807) is 19.2 Å². The quantitative estimate of drug-likeness (QED) is 0.378. The van der Waals surface area contributed by atoms with Gasteiger partial charge < -0.3 is 25.0 Å². The first-order valence-corrected chi connectivity index (χ1v) is 13.7. The van der Waals surface area contributed by atoms with Crippen molar-refractivity contribution >= 4 is 29.0 Å². The van der Waals surface area contributed by atoms with Crippen LogP contribution in [0.5, 0.6) is 5.75 Å². The number of para-hydroxylation sites is 2. The standard InChI is InChI=1S/C33H35N3O5/c1-33(2)17-26-30(28(37)18-33)31(22-12-14-23(15-13-22)32(39)41-4)36(27-11-6-5-10-25(27)35-26)20-29(38)34-19-21-8-7-9-24(16-21)40-3/h5-16,31,35H,17-20H2,1-4H3,(H,34,38). The number of amides is 1. The van der Waals surface area contributed by atoms with E-state index in [9.17, 15) is 14.4 Å². The lowest BCUT2D eigenvalue weighted by atomic mass is 9.73. The van der Waals surface area contributed by atoms with E-state index >= 15 is 0 Å². The molecule has 1 atom stereocenters. The predicted molar refractivity (Wildman–Crippen MR) is 158 cm³/mol. The van der Waals surface area contributed by atoms with Crippen LogP contribution in [0.1, 0.15) is 54.2 Å². The number of Topliss-reactive ketones (excluding diaryl/α,β-unsaturated/α-hetero) is 1. The van der Waals surface area contributed by atoms with Crippen LogP contribution in [-0.2, 0) is 20.9 Å². The highest BCUT2D eigenvalue weighted by Gasteiger charge is 2.41. The Labute approximate surface area is 240 Å². The van der Waals surface area contributed by atoms with E-state index in [0.717, 1.165) is 33.9 Å². The maximum absolute atomic E-state index is 13.8. The number of hydrogen-bond acceptors (Lipinski definition) is 7. The Morgan fingerprint density at radius 2 is 1.76 bits per heavy atom. The van der Waals surface area contributed by atoms with Gasteiger partial charge in [0.1, 0.15) is 5.75 Å². The molecule has 0 radical (unpaired) electrons. The molecule has 0 saturated heterocycles. The molecule has 1 aliphatic heterocycles. The van der Waals surface area contributed by atoms with Gasteiger partial charge in [0.05, 0.1) is 43.7 Å². The van der Waals surface area contributed by atoms with Gasteiger partial charge in [-0.1, -0.05) is 50.2 Å². The number of rotatable bonds is 7. The molecule has 2 N–H and O–H groups in total. The smallest absolute Gasteiger partial charge is 0.337 e. The molecule has 3 aromatic carbocycles. The van der Waals surface area contributed by atoms with Crippen molar-refractivity contribution in [1.82, 2.24) is 5.32 Å². The van der Waals surface area contributed by atoms with Gasteiger partial charge in [-0.3, -0.25) is 9.59 Å². The predicted octanol–water partition coefficient (Wildman–Crippen LogP) is 5.41. The van der Waals surface area contributed by atoms with E-state index in [2.05, 4.69) is 24.5 Å². The van der Waals surface area contributed by atoms with Crippen molar-refractivity contribution in [2.24, 2.45) is 5.41 Å². The fourth-order valence-corrected chi connectivity index (χ4v) is 5.69. The molecule has 8 nitrogen and oxygen atoms in total. The molecule has 41 heavy (non-hydrogen) atoms. The minimum Gasteiger partial charge on any atom is -0.497 e. The summed E-state index contributed by atoms with van der Waals surface area (Å²) in [5.74, 6) is 0.137. The van der Waals surface area contributed by atoms with Gasteiger partial charge in [0.2, 0.25) is 5.91 Å². The Kier molecular flexibility index (Phi) is 7.83. The van der Waals surface area contributed by atoms with Gasteiger partial charge in [-0.15, -0.1) is 0 Å². The molecule has 8 heteroatoms. The van der Waals surface area contributed by atoms with Crippen LogP contribution < -0.4 is 20.3 Å². The summed E-state index contributed by atoms with van der Waals surface area (Å²) in [6.45, 7) is 4.54. The summed E-state index contributed by atoms with van der Waals surface area (Å²) in [5, 5.41) is 6.59. The second-order valence-corrected chi connectivity index (χ2v) is 11.2. The minimum absolute atomic E-state index is 0.0134. The lowest BCUT2D eigenvalue weighted by Gasteiger charge is -2.38. The molecule has 1 amide bonds. The van der Waals surface area contributed by atoms with E-state index in [-0.39, 0.29) is 23.7 Å². The highest BCUT2D eigenvalue weighted by atomic mass is 16.5. The van der Waals surface area contributed by atoms with E-state index in [4.69, 9.17) is 9.47 Å². The average molecular weight is 554 g/mol. The summed E-state index contributed by atoms with van der Waals surface area (Å²) < 4.78 is 10.2. The molecule has 2 aliphatic rings. The first-order valence-electron chi connectivity index (χ1n) is 13.7. The topological polar surface area (TPSA) is 97.0 Å². The number of benzene rings is 3. The summed E-state index contributed by atoms with van der Waals surface area (Å²) in [5.41, 5.74) is 5.08. The van der Waals surface area contributed by atoms with Crippen LogP contribution in [0.25, 0.3) is 0 Å². The maximum atomic E-state index is 13.8. The summed E-state index contributed by atoms with van der Waals surface area (Å²) in [7, 11) is 2.95. The number of nitrogens with one attached hydrogen (secondary N) is 2. The number of carbonyl (C=O) groups is 3. The molecule has 0 aromatic heterocycles. The van der Waals surface area contributed by atoms with Gasteiger partial charge in [0.15, 0.2) is 5.78 Å². The van der Waals surface area contributed by atoms with Gasteiger partial charge >= 0.3 is 5.97 Å². The molecule has 5 rings (SSSR count). The van der Waals surface area contributed by atoms with Crippen molar-refractivity contribution in [2.75, 3.05) is 31.0 Å². The average Bonchev–Trinajstić information content (AvgIpc) is 3.09. The van der Waals surface area contributed by atoms with Crippen molar-refractivity contribution in [3.8, 4) is 5.75 Å². The summed E-state index contributed by atoms with van der Waals surface area (Å²) in [4.78, 5) is 41.5. The number of hydrogen-bond donors (Lipinski definition) is 2. The van der Waals surface area contributed by atoms with E-state index in [1.165, 1.54) is 7.11 Å². The van der Waals surface area contributed by atoms with Crippen LogP contribution in [0, 0.1) is 5.41 Å². The van der Waals surface area contributed by atoms with E-state index in [1.807, 2.05) is 65.6 Å². The number of ketones is 1. The van der Waals surface area contributed by atoms with Crippen LogP contribution in [0.3, 0.4) is 0 Å². The number of carbonyl (C=O) groups excluding carboxylic acids is 3. The fraction of sp³-hybridized carbons (Fsp3) is 0.303. The zero-order chi connectivity index (χ0) is 29.1. The zero-order valence-electron chi connectivity index (χ0n) is 23.8. The third-order valence-electron chi connectivity index (χ3n) is 7.59. The fourth-order valence-electron chi connectivity index (χ4n) is 5.69. The number of fused-ring (bicyclic) bond motifs is 1. The lowest BCUT2D eigenvalue weighted by Crippen LogP contribution is -2.41. The van der Waals surface area contributed by atoms with Crippen molar-refractivity contribution in [1.29, 1.82) is 0 Å². The van der Waals surface area contributed by atoms with Crippen LogP contribution in [0.4, 0.5) is 11.4 Å². The molecule has 1 unspecified atom stereocenters. The maximum Gasteiger partial charge on any atom is 0.337 e. The second kappa shape index (κ2) is 11.5. The van der Waals surface area contributed by atoms with Crippen molar-refractivity contribution < 1.29 is 23.9 Å². The minimum atomic E-state index is -0.543. The normalized spacial score (nSPS) is 17.5. The number of nitrogens with zero attached hydrogens (tertiary/aromatic N) is 1. The highest BCUT2D eigenvalue weighted by Crippen LogP contribution is 2.48. The monoisotopic (exact) mass is 553 g/mol. The van der Waals surface area contributed by atoms with Crippen molar-refractivity contribution in [2.45, 2.75) is 39.3 Å². The van der Waals surface area contributed by atoms with Gasteiger partial charge in [-0.25, -0.2) is 4.79 Å². The zero-order valence-corrected chi connectivity index (χ0v) is 23.8. The number of allylic oxidation sites excluding steroid dienone is 1. The Balaban J connectivity index is 1.56. The first-order chi connectivity index (χ1) is 19.7. The summed E-state index contributed by atoms with van der Waals surface area (Å²) in [6, 6.07) is 21.9. The van der Waals surface area contributed by atoms with Gasteiger partial charge in [0.25, 0.3) is 0 Å². The lowest BCUT2D eigenvalue weighted by molar-refractivity contribution is -0.120. The third-order valence-corrected chi connectivity index (χ3v) is 7.59. The van der Waals surface area contributed by atoms with Crippen LogP contribution in [0.2, 0.25) is 0 Å². The Hall–Kier alpha value is -4.59. The number of ether oxygens (including phenoxy) is 2. The van der Waals surface area contributed by atoms with E-state index in [0.29, 0.717) is 30.5 Å². The highest BCUT2D eigenvalue weighted by molar-refractivity contribution is 6.02. The molecule has 1 aliphatic carbocycles. The van der Waals surface area contributed by atoms with Crippen LogP contribution >= 0.6 is 0 Å². The van der Waals surface area contributed by atoms with Crippen LogP contribution in [-0.4, -0.2) is 38.4 Å². The Bertz CT molecular complexity index is 1510. The SMILES string of the molecule is COC(=O)c1ccc(C2C3=C(CC(C)(C)CC3=O)Nc3ccccc3N2CC(=O)NCc2cccc(OC)c2)cc1. The number of methoxy groups -OCH3 is 2. The Morgan fingerprint density at radius 1 is 1.00 bits per heavy atom. The second-order valence-electron chi connectivity index (χ2n) is 11.2. The molecule has 0 fully saturated rings. The molecular formula is C33H35N3O5. The summed E-state index contributed by atoms with van der Waals surface area (Å²) >= 11 is 0. The molecule has 212 valence electrons. The largest absolute Gasteiger partial charge is 0.497 e. The van der Waals surface area contributed by atoms with Crippen molar-refractivity contribution in [3.63, 3.8) is 0 Å². The number of esters is 1. The van der Waals surface area contributed by atoms with Crippen LogP contribution in [0.15, 0.2) is 84.1 Å². The summed E-state index contributed by atoms with van der Waals surface area (Å²) in [6.07, 6.45) is 1.09. The first kappa shape index (κ1) is 28.0. The van der Waals surface area contributed by atoms with Gasteiger partial charge in [0, 0.05) is 24.2 Å². The van der Waals surface area contributed by atoms with E-state index < -0.39 is 12.0 Å². The molecule has 0 bridgehead atoms. The third kappa shape index (κ3) is 5.96. The number of anilines is 2. The van der Waals surface area contributed by atoms with Crippen molar-refractivity contribution in [3.05, 3.63) is 101 Å². The van der Waals surface area contributed by atoms with Gasteiger partial charge in [-0.05, 0) is 59.4 Å². The Morgan fingerprint density at radius 3 is 2.49 bits per heavy atom. The molecule has 3 aromatic rings.